The number of nitrogen functional groups attached to an aromatic ring is 1. The smallest absolute Gasteiger partial charge is 0.384 e. The van der Waals surface area contributed by atoms with E-state index >= 15 is 0 Å². The Balaban J connectivity index is 1.62. The van der Waals surface area contributed by atoms with Crippen LogP contribution in [0.1, 0.15) is 22.5 Å². The number of hydrogen-bond donors (Lipinski definition) is 3. The van der Waals surface area contributed by atoms with Gasteiger partial charge in [-0.15, -0.1) is 0 Å². The first-order chi connectivity index (χ1) is 17.2. The summed E-state index contributed by atoms with van der Waals surface area (Å²) in [5.41, 5.74) is 11.1. The average Bonchev–Trinajstić information content (AvgIpc) is 2.86. The van der Waals surface area contributed by atoms with Gasteiger partial charge < -0.3 is 26.4 Å². The number of hydrogen-bond acceptors (Lipinski definition) is 9. The number of rotatable bonds is 6. The van der Waals surface area contributed by atoms with E-state index in [1.165, 1.54) is 18.5 Å². The van der Waals surface area contributed by atoms with Crippen molar-refractivity contribution < 1.29 is 22.7 Å². The standard InChI is InChI=1S/C23H25F3N8O2/c1-36-12-13-11-34(8-5-15(13)27)18-4-7-29-9-16(18)33-22(35)20-21(28)31-10-17(32-20)19-14(23(24,25)26)3-2-6-30-19/h2-4,6-7,9-10,13,15H,5,8,11-12,27H2,1H3,(H2,28,31)(H,33,35)/t13-,15-/m1/s1. The summed E-state index contributed by atoms with van der Waals surface area (Å²) in [6.07, 6.45) is 1.38. The third-order valence-corrected chi connectivity index (χ3v) is 5.93. The fourth-order valence-electron chi connectivity index (χ4n) is 4.12. The lowest BCUT2D eigenvalue weighted by Gasteiger charge is -2.38. The number of piperidine rings is 1. The minimum Gasteiger partial charge on any atom is -0.384 e. The molecule has 4 heterocycles. The topological polar surface area (TPSA) is 145 Å². The summed E-state index contributed by atoms with van der Waals surface area (Å²) in [4.78, 5) is 31.0. The van der Waals surface area contributed by atoms with Gasteiger partial charge in [-0.2, -0.15) is 13.2 Å². The second-order valence-corrected chi connectivity index (χ2v) is 8.35. The van der Waals surface area contributed by atoms with Gasteiger partial charge in [0.2, 0.25) is 0 Å². The third-order valence-electron chi connectivity index (χ3n) is 5.93. The molecule has 190 valence electrons. The molecule has 4 rings (SSSR count). The molecule has 36 heavy (non-hydrogen) atoms. The Labute approximate surface area is 204 Å². The molecule has 1 amide bonds. The number of alkyl halides is 3. The number of nitrogens with zero attached hydrogens (tertiary/aromatic N) is 5. The van der Waals surface area contributed by atoms with Crippen molar-refractivity contribution in [3.63, 3.8) is 0 Å². The van der Waals surface area contributed by atoms with Crippen LogP contribution in [0.5, 0.6) is 0 Å². The van der Waals surface area contributed by atoms with Crippen LogP contribution in [0.4, 0.5) is 30.4 Å². The summed E-state index contributed by atoms with van der Waals surface area (Å²) >= 11 is 0. The lowest BCUT2D eigenvalue weighted by atomic mass is 9.93. The Morgan fingerprint density at radius 1 is 1.25 bits per heavy atom. The van der Waals surface area contributed by atoms with E-state index in [4.69, 9.17) is 16.2 Å². The highest BCUT2D eigenvalue weighted by atomic mass is 19.4. The van der Waals surface area contributed by atoms with Gasteiger partial charge in [0.25, 0.3) is 5.91 Å². The summed E-state index contributed by atoms with van der Waals surface area (Å²) in [6, 6.07) is 3.79. The Bertz CT molecular complexity index is 1240. The molecular formula is C23H25F3N8O2. The zero-order chi connectivity index (χ0) is 25.9. The van der Waals surface area contributed by atoms with Gasteiger partial charge in [0.1, 0.15) is 11.4 Å². The molecule has 5 N–H and O–H groups in total. The van der Waals surface area contributed by atoms with Gasteiger partial charge in [-0.05, 0) is 24.6 Å². The molecular weight excluding hydrogens is 477 g/mol. The fraction of sp³-hybridized carbons (Fsp3) is 0.348. The Hall–Kier alpha value is -3.84. The van der Waals surface area contributed by atoms with E-state index in [9.17, 15) is 18.0 Å². The SMILES string of the molecule is COC[C@H]1CN(c2ccncc2NC(=O)c2nc(-c3ncccc3C(F)(F)F)cnc2N)CC[C@H]1N. The first kappa shape index (κ1) is 25.3. The van der Waals surface area contributed by atoms with E-state index in [1.807, 2.05) is 0 Å². The fourth-order valence-corrected chi connectivity index (χ4v) is 4.12. The van der Waals surface area contributed by atoms with Gasteiger partial charge in [-0.25, -0.2) is 9.97 Å². The van der Waals surface area contributed by atoms with Crippen molar-refractivity contribution in [3.8, 4) is 11.4 Å². The Kier molecular flexibility index (Phi) is 7.31. The molecule has 0 saturated carbocycles. The van der Waals surface area contributed by atoms with Crippen LogP contribution in [0.15, 0.2) is 43.0 Å². The number of methoxy groups -OCH3 is 1. The van der Waals surface area contributed by atoms with E-state index in [1.54, 1.807) is 19.4 Å². The monoisotopic (exact) mass is 502 g/mol. The number of amides is 1. The number of anilines is 3. The lowest BCUT2D eigenvalue weighted by Crippen LogP contribution is -2.49. The van der Waals surface area contributed by atoms with Crippen molar-refractivity contribution in [2.24, 2.45) is 11.7 Å². The van der Waals surface area contributed by atoms with Gasteiger partial charge in [0.05, 0.1) is 35.9 Å². The molecule has 0 unspecified atom stereocenters. The maximum absolute atomic E-state index is 13.5. The minimum absolute atomic E-state index is 0.00734. The van der Waals surface area contributed by atoms with Crippen LogP contribution in [0.3, 0.4) is 0 Å². The van der Waals surface area contributed by atoms with Crippen LogP contribution < -0.4 is 21.7 Å². The number of halogens is 3. The molecule has 1 aliphatic rings. The molecule has 0 aromatic carbocycles. The first-order valence-electron chi connectivity index (χ1n) is 11.1. The zero-order valence-electron chi connectivity index (χ0n) is 19.4. The molecule has 3 aromatic rings. The van der Waals surface area contributed by atoms with Crippen molar-refractivity contribution in [2.75, 3.05) is 42.8 Å². The van der Waals surface area contributed by atoms with Crippen LogP contribution in [0.25, 0.3) is 11.4 Å². The van der Waals surface area contributed by atoms with Gasteiger partial charge in [0.15, 0.2) is 11.5 Å². The van der Waals surface area contributed by atoms with Crippen LogP contribution in [-0.4, -0.2) is 58.7 Å². The molecule has 10 nitrogen and oxygen atoms in total. The molecule has 3 aromatic heterocycles. The number of aromatic nitrogens is 4. The molecule has 0 spiro atoms. The molecule has 1 saturated heterocycles. The summed E-state index contributed by atoms with van der Waals surface area (Å²) in [5, 5.41) is 2.72. The number of carbonyl (C=O) groups is 1. The predicted molar refractivity (Wildman–Crippen MR) is 127 cm³/mol. The number of nitrogens with one attached hydrogen (secondary N) is 1. The molecule has 1 fully saturated rings. The second kappa shape index (κ2) is 10.4. The van der Waals surface area contributed by atoms with E-state index < -0.39 is 23.3 Å². The Morgan fingerprint density at radius 3 is 2.81 bits per heavy atom. The number of pyridine rings is 2. The van der Waals surface area contributed by atoms with Gasteiger partial charge in [-0.1, -0.05) is 0 Å². The number of ether oxygens (including phenoxy) is 1. The highest BCUT2D eigenvalue weighted by Crippen LogP contribution is 2.35. The summed E-state index contributed by atoms with van der Waals surface area (Å²) in [6.45, 7) is 1.77. The third kappa shape index (κ3) is 5.36. The Morgan fingerprint density at radius 2 is 2.06 bits per heavy atom. The first-order valence-corrected chi connectivity index (χ1v) is 11.1. The minimum atomic E-state index is -4.67. The maximum Gasteiger partial charge on any atom is 0.418 e. The molecule has 0 aliphatic carbocycles. The second-order valence-electron chi connectivity index (χ2n) is 8.35. The van der Waals surface area contributed by atoms with Crippen molar-refractivity contribution >= 4 is 23.1 Å². The summed E-state index contributed by atoms with van der Waals surface area (Å²) in [5.74, 6) is -0.891. The van der Waals surface area contributed by atoms with Crippen LogP contribution >= 0.6 is 0 Å². The molecule has 0 bridgehead atoms. The van der Waals surface area contributed by atoms with Crippen molar-refractivity contribution in [1.82, 2.24) is 19.9 Å². The maximum atomic E-state index is 13.5. The number of nitrogens with two attached hydrogens (primary N) is 2. The van der Waals surface area contributed by atoms with Crippen LogP contribution in [0.2, 0.25) is 0 Å². The van der Waals surface area contributed by atoms with Crippen LogP contribution in [0, 0.1) is 5.92 Å². The average molecular weight is 503 g/mol. The molecule has 2 atom stereocenters. The van der Waals surface area contributed by atoms with Crippen molar-refractivity contribution in [1.29, 1.82) is 0 Å². The van der Waals surface area contributed by atoms with Gasteiger partial charge in [0, 0.05) is 44.6 Å². The molecule has 13 heteroatoms. The van der Waals surface area contributed by atoms with E-state index in [-0.39, 0.29) is 29.2 Å². The van der Waals surface area contributed by atoms with E-state index in [0.29, 0.717) is 31.1 Å². The lowest BCUT2D eigenvalue weighted by molar-refractivity contribution is -0.137. The summed E-state index contributed by atoms with van der Waals surface area (Å²) in [7, 11) is 1.62. The highest BCUT2D eigenvalue weighted by Gasteiger charge is 2.35. The largest absolute Gasteiger partial charge is 0.418 e. The van der Waals surface area contributed by atoms with Crippen molar-refractivity contribution in [2.45, 2.75) is 18.6 Å². The van der Waals surface area contributed by atoms with Gasteiger partial charge >= 0.3 is 6.18 Å². The van der Waals surface area contributed by atoms with E-state index in [2.05, 4.69) is 30.2 Å². The predicted octanol–water partition coefficient (Wildman–Crippen LogP) is 2.59. The molecule has 0 radical (unpaired) electrons. The highest BCUT2D eigenvalue weighted by molar-refractivity contribution is 6.07. The van der Waals surface area contributed by atoms with Gasteiger partial charge in [-0.3, -0.25) is 14.8 Å². The zero-order valence-corrected chi connectivity index (χ0v) is 19.4. The molecule has 1 aliphatic heterocycles. The normalized spacial score (nSPS) is 18.2. The van der Waals surface area contributed by atoms with Crippen molar-refractivity contribution in [3.05, 3.63) is 54.2 Å². The van der Waals surface area contributed by atoms with E-state index in [0.717, 1.165) is 18.7 Å². The number of carbonyl (C=O) groups excluding carboxylic acids is 1. The summed E-state index contributed by atoms with van der Waals surface area (Å²) < 4.78 is 45.7. The quantitative estimate of drug-likeness (QED) is 0.463. The van der Waals surface area contributed by atoms with Crippen LogP contribution in [-0.2, 0) is 10.9 Å².